The fourth-order valence-corrected chi connectivity index (χ4v) is 7.47. The van der Waals surface area contributed by atoms with E-state index in [2.05, 4.69) is 145 Å². The van der Waals surface area contributed by atoms with Crippen LogP contribution in [-0.4, -0.2) is 11.7 Å². The molecule has 9 aromatic rings. The van der Waals surface area contributed by atoms with E-state index in [9.17, 15) is 0 Å². The molecule has 8 aromatic carbocycles. The number of nitrogens with zero attached hydrogens (tertiary/aromatic N) is 2. The summed E-state index contributed by atoms with van der Waals surface area (Å²) in [6.07, 6.45) is -0.344. The molecule has 0 aliphatic carbocycles. The van der Waals surface area contributed by atoms with Crippen LogP contribution in [0.4, 0.5) is 0 Å². The number of hydrogen-bond acceptors (Lipinski definition) is 4. The summed E-state index contributed by atoms with van der Waals surface area (Å²) in [5.74, 6) is 1.51. The first-order chi connectivity index (χ1) is 25.3. The Balaban J connectivity index is 1.20. The molecule has 0 amide bonds. The average molecular weight is 654 g/mol. The van der Waals surface area contributed by atoms with Crippen LogP contribution >= 0.6 is 0 Å². The van der Waals surface area contributed by atoms with Crippen LogP contribution in [0.3, 0.4) is 0 Å². The number of aliphatic imine (C=N–C) groups is 2. The van der Waals surface area contributed by atoms with Gasteiger partial charge in [0.1, 0.15) is 23.2 Å². The molecule has 240 valence electrons. The molecule has 51 heavy (non-hydrogen) atoms. The fourth-order valence-electron chi connectivity index (χ4n) is 7.47. The smallest absolute Gasteiger partial charge is 0.159 e. The molecule has 4 nitrogen and oxygen atoms in total. The van der Waals surface area contributed by atoms with Gasteiger partial charge in [0.25, 0.3) is 0 Å². The highest BCUT2D eigenvalue weighted by Crippen LogP contribution is 2.44. The summed E-state index contributed by atoms with van der Waals surface area (Å²) >= 11 is 0. The van der Waals surface area contributed by atoms with Crippen LogP contribution in [0.25, 0.3) is 65.7 Å². The van der Waals surface area contributed by atoms with E-state index in [4.69, 9.17) is 14.4 Å². The minimum Gasteiger partial charge on any atom is -0.456 e. The van der Waals surface area contributed by atoms with Crippen molar-refractivity contribution in [3.8, 4) is 22.3 Å². The van der Waals surface area contributed by atoms with Crippen molar-refractivity contribution < 1.29 is 4.42 Å². The topological polar surface area (TPSA) is 49.9 Å². The quantitative estimate of drug-likeness (QED) is 0.201. The molecule has 0 saturated heterocycles. The number of nitrogens with one attached hydrogen (secondary N) is 1. The van der Waals surface area contributed by atoms with Gasteiger partial charge in [-0.3, -0.25) is 0 Å². The van der Waals surface area contributed by atoms with Crippen molar-refractivity contribution in [1.82, 2.24) is 5.32 Å². The van der Waals surface area contributed by atoms with E-state index < -0.39 is 0 Å². The van der Waals surface area contributed by atoms with E-state index in [0.29, 0.717) is 5.84 Å². The van der Waals surface area contributed by atoms with Crippen LogP contribution in [0.2, 0.25) is 0 Å². The Labute approximate surface area is 295 Å². The van der Waals surface area contributed by atoms with Crippen LogP contribution in [-0.2, 0) is 0 Å². The van der Waals surface area contributed by atoms with Gasteiger partial charge in [0.15, 0.2) is 5.84 Å². The molecule has 0 fully saturated rings. The van der Waals surface area contributed by atoms with Crippen LogP contribution in [0, 0.1) is 0 Å². The van der Waals surface area contributed by atoms with Gasteiger partial charge in [0.2, 0.25) is 0 Å². The molecule has 0 spiro atoms. The third-order valence-corrected chi connectivity index (χ3v) is 9.91. The largest absolute Gasteiger partial charge is 0.456 e. The zero-order chi connectivity index (χ0) is 33.7. The Morgan fingerprint density at radius 3 is 1.82 bits per heavy atom. The second kappa shape index (κ2) is 12.0. The lowest BCUT2D eigenvalue weighted by molar-refractivity contribution is 0.669. The van der Waals surface area contributed by atoms with Crippen LogP contribution in [0.1, 0.15) is 22.9 Å². The van der Waals surface area contributed by atoms with E-state index in [1.165, 1.54) is 5.39 Å². The molecule has 1 aliphatic rings. The number of hydrogen-bond donors (Lipinski definition) is 1. The maximum Gasteiger partial charge on any atom is 0.159 e. The van der Waals surface area contributed by atoms with Gasteiger partial charge in [-0.1, -0.05) is 152 Å². The summed E-state index contributed by atoms with van der Waals surface area (Å²) < 4.78 is 6.68. The molecule has 4 heteroatoms. The Hall–Kier alpha value is -6.78. The van der Waals surface area contributed by atoms with Crippen molar-refractivity contribution >= 4 is 55.2 Å². The van der Waals surface area contributed by atoms with E-state index in [-0.39, 0.29) is 6.17 Å². The van der Waals surface area contributed by atoms with Crippen LogP contribution in [0.5, 0.6) is 0 Å². The van der Waals surface area contributed by atoms with Crippen molar-refractivity contribution in [3.05, 3.63) is 193 Å². The average Bonchev–Trinajstić information content (AvgIpc) is 3.57. The maximum atomic E-state index is 6.68. The minimum absolute atomic E-state index is 0.344. The Morgan fingerprint density at radius 1 is 0.451 bits per heavy atom. The summed E-state index contributed by atoms with van der Waals surface area (Å²) in [5, 5.41) is 10.6. The Kier molecular flexibility index (Phi) is 6.85. The summed E-state index contributed by atoms with van der Waals surface area (Å²) in [6.45, 7) is 0. The van der Waals surface area contributed by atoms with Gasteiger partial charge in [0, 0.05) is 27.5 Å². The number of amidine groups is 2. The van der Waals surface area contributed by atoms with Gasteiger partial charge >= 0.3 is 0 Å². The lowest BCUT2D eigenvalue weighted by Crippen LogP contribution is -2.33. The number of benzene rings is 8. The molecule has 1 unspecified atom stereocenters. The molecule has 2 heterocycles. The molecule has 1 N–H and O–H groups in total. The summed E-state index contributed by atoms with van der Waals surface area (Å²) in [6, 6.07) is 61.6. The second-order valence-electron chi connectivity index (χ2n) is 13.0. The van der Waals surface area contributed by atoms with E-state index in [0.717, 1.165) is 82.9 Å². The van der Waals surface area contributed by atoms with Gasteiger partial charge in [-0.15, -0.1) is 0 Å². The first kappa shape index (κ1) is 29.2. The number of furan rings is 1. The summed E-state index contributed by atoms with van der Waals surface area (Å²) in [7, 11) is 0. The molecule has 1 atom stereocenters. The molecule has 1 aromatic heterocycles. The molecule has 1 aliphatic heterocycles. The monoisotopic (exact) mass is 653 g/mol. The van der Waals surface area contributed by atoms with Gasteiger partial charge in [-0.25, -0.2) is 9.98 Å². The van der Waals surface area contributed by atoms with Gasteiger partial charge in [-0.05, 0) is 68.1 Å². The molecule has 0 radical (unpaired) electrons. The standard InChI is InChI=1S/C47H31N3O/c1-4-14-30(15-5-1)35-27-40(44-41-26-33-20-10-11-21-34(33)28-42(41)51-43(44)29-35)38-24-25-39(37-23-13-12-22-36(37)38)47-49-45(31-16-6-2-7-17-31)48-46(50-47)32-18-8-3-9-19-32/h1-29,47H,(H,48,49,50). The highest BCUT2D eigenvalue weighted by Gasteiger charge is 2.24. The number of rotatable bonds is 5. The SMILES string of the molecule is c1ccc(C2=NC(c3ccc(-c4cc(-c5ccccc5)cc5oc6cc7ccccc7cc6c45)c4ccccc34)NC(c3ccccc3)=N2)cc1. The Bertz CT molecular complexity index is 2820. The molecular formula is C47H31N3O. The normalized spacial score (nSPS) is 14.5. The molecule has 0 saturated carbocycles. The number of fused-ring (bicyclic) bond motifs is 5. The predicted molar refractivity (Wildman–Crippen MR) is 211 cm³/mol. The van der Waals surface area contributed by atoms with Gasteiger partial charge < -0.3 is 9.73 Å². The van der Waals surface area contributed by atoms with Crippen LogP contribution in [0.15, 0.2) is 190 Å². The van der Waals surface area contributed by atoms with Crippen molar-refractivity contribution in [2.45, 2.75) is 6.17 Å². The highest BCUT2D eigenvalue weighted by atomic mass is 16.3. The van der Waals surface area contributed by atoms with Gasteiger partial charge in [-0.2, -0.15) is 0 Å². The lowest BCUT2D eigenvalue weighted by atomic mass is 9.89. The third kappa shape index (κ3) is 5.08. The second-order valence-corrected chi connectivity index (χ2v) is 13.0. The molecule has 10 rings (SSSR count). The van der Waals surface area contributed by atoms with Crippen molar-refractivity contribution in [2.24, 2.45) is 9.98 Å². The maximum absolute atomic E-state index is 6.68. The zero-order valence-electron chi connectivity index (χ0n) is 27.6. The van der Waals surface area contributed by atoms with E-state index in [1.807, 2.05) is 36.4 Å². The Morgan fingerprint density at radius 2 is 1.08 bits per heavy atom. The minimum atomic E-state index is -0.344. The zero-order valence-corrected chi connectivity index (χ0v) is 27.6. The lowest BCUT2D eigenvalue weighted by Gasteiger charge is -2.25. The van der Waals surface area contributed by atoms with Crippen molar-refractivity contribution in [3.63, 3.8) is 0 Å². The van der Waals surface area contributed by atoms with Crippen molar-refractivity contribution in [1.29, 1.82) is 0 Å². The highest BCUT2D eigenvalue weighted by molar-refractivity contribution is 6.19. The predicted octanol–water partition coefficient (Wildman–Crippen LogP) is 11.7. The molecular weight excluding hydrogens is 623 g/mol. The van der Waals surface area contributed by atoms with Gasteiger partial charge in [0.05, 0.1) is 0 Å². The first-order valence-electron chi connectivity index (χ1n) is 17.3. The summed E-state index contributed by atoms with van der Waals surface area (Å²) in [4.78, 5) is 10.2. The third-order valence-electron chi connectivity index (χ3n) is 9.91. The van der Waals surface area contributed by atoms with Crippen molar-refractivity contribution in [2.75, 3.05) is 0 Å². The van der Waals surface area contributed by atoms with E-state index in [1.54, 1.807) is 0 Å². The fraction of sp³-hybridized carbons (Fsp3) is 0.0213. The molecule has 0 bridgehead atoms. The van der Waals surface area contributed by atoms with Crippen LogP contribution < -0.4 is 5.32 Å². The van der Waals surface area contributed by atoms with E-state index >= 15 is 0 Å². The summed E-state index contributed by atoms with van der Waals surface area (Å²) in [5.41, 5.74) is 9.40. The first-order valence-corrected chi connectivity index (χ1v) is 17.3.